The average Bonchev–Trinajstić information content (AvgIpc) is 2.37. The smallest absolute Gasteiger partial charge is 0.302 e. The maximum absolute atomic E-state index is 11.5. The van der Waals surface area contributed by atoms with Crippen molar-refractivity contribution in [3.8, 4) is 0 Å². The zero-order valence-corrected chi connectivity index (χ0v) is 13.1. The molecule has 0 bridgehead atoms. The van der Waals surface area contributed by atoms with E-state index in [0.29, 0.717) is 12.8 Å². The number of hydrogen-bond donors (Lipinski definition) is 0. The lowest BCUT2D eigenvalue weighted by Crippen LogP contribution is -2.10. The highest BCUT2D eigenvalue weighted by Crippen LogP contribution is 2.05. The van der Waals surface area contributed by atoms with E-state index in [1.165, 1.54) is 26.2 Å². The van der Waals surface area contributed by atoms with Gasteiger partial charge in [0.2, 0.25) is 0 Å². The summed E-state index contributed by atoms with van der Waals surface area (Å²) < 4.78 is 4.98. The minimum atomic E-state index is -0.264. The first kappa shape index (κ1) is 18.6. The molecule has 0 aliphatic rings. The molecule has 1 unspecified atom stereocenters. The normalized spacial score (nSPS) is 12.9. The van der Waals surface area contributed by atoms with Gasteiger partial charge in [-0.3, -0.25) is 9.59 Å². The quantitative estimate of drug-likeness (QED) is 0.244. The molecule has 0 saturated heterocycles. The molecule has 0 spiro atoms. The van der Waals surface area contributed by atoms with Crippen molar-refractivity contribution in [1.29, 1.82) is 0 Å². The van der Waals surface area contributed by atoms with Crippen LogP contribution in [0, 0.1) is 0 Å². The first-order valence-electron chi connectivity index (χ1n) is 7.59. The van der Waals surface area contributed by atoms with Crippen molar-refractivity contribution in [2.24, 2.45) is 0 Å². The third-order valence-electron chi connectivity index (χ3n) is 2.89. The van der Waals surface area contributed by atoms with Gasteiger partial charge in [0.05, 0.1) is 0 Å². The Hall–Kier alpha value is -1.38. The van der Waals surface area contributed by atoms with Crippen LogP contribution in [0.4, 0.5) is 0 Å². The van der Waals surface area contributed by atoms with Gasteiger partial charge in [-0.25, -0.2) is 0 Å². The van der Waals surface area contributed by atoms with E-state index in [1.807, 2.05) is 19.1 Å². The molecule has 0 radical (unpaired) electrons. The Kier molecular flexibility index (Phi) is 11.8. The molecule has 0 rings (SSSR count). The lowest BCUT2D eigenvalue weighted by molar-refractivity contribution is -0.145. The van der Waals surface area contributed by atoms with Crippen molar-refractivity contribution in [2.75, 3.05) is 0 Å². The summed E-state index contributed by atoms with van der Waals surface area (Å²) in [6.07, 6.45) is 14.1. The first-order chi connectivity index (χ1) is 9.56. The molecular weight excluding hydrogens is 252 g/mol. The number of carbonyl (C=O) groups excluding carboxylic acids is 2. The van der Waals surface area contributed by atoms with Gasteiger partial charge in [-0.15, -0.1) is 0 Å². The second kappa shape index (κ2) is 12.6. The second-order valence-electron chi connectivity index (χ2n) is 5.07. The van der Waals surface area contributed by atoms with Crippen molar-refractivity contribution in [2.45, 2.75) is 71.8 Å². The summed E-state index contributed by atoms with van der Waals surface area (Å²) in [5.41, 5.74) is 0. The van der Waals surface area contributed by atoms with E-state index in [4.69, 9.17) is 4.74 Å². The molecule has 3 heteroatoms. The molecule has 20 heavy (non-hydrogen) atoms. The number of carbonyl (C=O) groups is 2. The van der Waals surface area contributed by atoms with Crippen LogP contribution in [-0.2, 0) is 14.3 Å². The lowest BCUT2D eigenvalue weighted by Gasteiger charge is -2.07. The summed E-state index contributed by atoms with van der Waals surface area (Å²) in [7, 11) is 0. The number of allylic oxidation sites excluding steroid dienone is 3. The van der Waals surface area contributed by atoms with Crippen molar-refractivity contribution in [1.82, 2.24) is 0 Å². The van der Waals surface area contributed by atoms with Gasteiger partial charge in [0.15, 0.2) is 5.78 Å². The van der Waals surface area contributed by atoms with Gasteiger partial charge >= 0.3 is 5.97 Å². The van der Waals surface area contributed by atoms with Crippen LogP contribution < -0.4 is 0 Å². The fourth-order valence-electron chi connectivity index (χ4n) is 1.83. The Morgan fingerprint density at radius 1 is 1.10 bits per heavy atom. The van der Waals surface area contributed by atoms with Gasteiger partial charge in [-0.05, 0) is 19.4 Å². The molecular formula is C17H28O3. The zero-order chi connectivity index (χ0) is 15.2. The molecule has 0 aromatic carbocycles. The Morgan fingerprint density at radius 2 is 1.80 bits per heavy atom. The maximum Gasteiger partial charge on any atom is 0.302 e. The predicted octanol–water partition coefficient (Wildman–Crippen LogP) is 4.37. The molecule has 3 nitrogen and oxygen atoms in total. The number of ether oxygens (including phenoxy) is 1. The zero-order valence-electron chi connectivity index (χ0n) is 13.1. The standard InChI is InChI=1S/C17H28O3/c1-4-5-6-7-10-13-17(19)14-11-8-9-12-15(2)20-16(3)18/h8-9,11,14-15H,4-7,10,12-13H2,1-3H3. The van der Waals surface area contributed by atoms with E-state index in [-0.39, 0.29) is 17.9 Å². The minimum Gasteiger partial charge on any atom is -0.463 e. The third-order valence-corrected chi connectivity index (χ3v) is 2.89. The van der Waals surface area contributed by atoms with Crippen LogP contribution in [0.5, 0.6) is 0 Å². The van der Waals surface area contributed by atoms with E-state index in [0.717, 1.165) is 12.8 Å². The predicted molar refractivity (Wildman–Crippen MR) is 82.5 cm³/mol. The topological polar surface area (TPSA) is 43.4 Å². The van der Waals surface area contributed by atoms with Crippen LogP contribution in [0.15, 0.2) is 24.3 Å². The molecule has 0 aliphatic heterocycles. The highest BCUT2D eigenvalue weighted by Gasteiger charge is 2.01. The molecule has 0 heterocycles. The van der Waals surface area contributed by atoms with Crippen LogP contribution in [0.2, 0.25) is 0 Å². The Morgan fingerprint density at radius 3 is 2.45 bits per heavy atom. The summed E-state index contributed by atoms with van der Waals surface area (Å²) in [6.45, 7) is 5.43. The van der Waals surface area contributed by atoms with Gasteiger partial charge in [-0.2, -0.15) is 0 Å². The van der Waals surface area contributed by atoms with Crippen molar-refractivity contribution in [3.63, 3.8) is 0 Å². The molecule has 0 saturated carbocycles. The number of hydrogen-bond acceptors (Lipinski definition) is 3. The molecule has 1 atom stereocenters. The van der Waals surface area contributed by atoms with Gasteiger partial charge in [-0.1, -0.05) is 50.8 Å². The molecule has 0 aromatic heterocycles. The molecule has 0 N–H and O–H groups in total. The lowest BCUT2D eigenvalue weighted by atomic mass is 10.1. The fourth-order valence-corrected chi connectivity index (χ4v) is 1.83. The second-order valence-corrected chi connectivity index (χ2v) is 5.07. The van der Waals surface area contributed by atoms with E-state index < -0.39 is 0 Å². The summed E-state index contributed by atoms with van der Waals surface area (Å²) in [6, 6.07) is 0. The number of unbranched alkanes of at least 4 members (excludes halogenated alkanes) is 4. The third kappa shape index (κ3) is 13.1. The van der Waals surface area contributed by atoms with Crippen LogP contribution in [0.3, 0.4) is 0 Å². The number of esters is 1. The van der Waals surface area contributed by atoms with E-state index >= 15 is 0 Å². The Balaban J connectivity index is 3.67. The molecule has 0 aromatic rings. The first-order valence-corrected chi connectivity index (χ1v) is 7.59. The number of rotatable bonds is 11. The summed E-state index contributed by atoms with van der Waals surface area (Å²) in [5.74, 6) is -0.0844. The highest BCUT2D eigenvalue weighted by atomic mass is 16.5. The molecule has 0 fully saturated rings. The highest BCUT2D eigenvalue weighted by molar-refractivity contribution is 5.89. The summed E-state index contributed by atoms with van der Waals surface area (Å²) in [4.78, 5) is 22.2. The number of ketones is 1. The van der Waals surface area contributed by atoms with Crippen LogP contribution in [-0.4, -0.2) is 17.9 Å². The SMILES string of the molecule is CCCCCCCC(=O)C=CC=CCC(C)OC(C)=O. The van der Waals surface area contributed by atoms with Gasteiger partial charge in [0.1, 0.15) is 6.10 Å². The van der Waals surface area contributed by atoms with E-state index in [1.54, 1.807) is 12.2 Å². The maximum atomic E-state index is 11.5. The van der Waals surface area contributed by atoms with Crippen molar-refractivity contribution < 1.29 is 14.3 Å². The molecule has 0 aliphatic carbocycles. The van der Waals surface area contributed by atoms with Gasteiger partial charge in [0, 0.05) is 19.8 Å². The van der Waals surface area contributed by atoms with E-state index in [2.05, 4.69) is 6.92 Å². The van der Waals surface area contributed by atoms with Crippen molar-refractivity contribution >= 4 is 11.8 Å². The monoisotopic (exact) mass is 280 g/mol. The summed E-state index contributed by atoms with van der Waals surface area (Å²) in [5, 5.41) is 0. The average molecular weight is 280 g/mol. The Labute approximate surface area is 123 Å². The molecule has 0 amide bonds. The largest absolute Gasteiger partial charge is 0.463 e. The van der Waals surface area contributed by atoms with Crippen LogP contribution in [0.25, 0.3) is 0 Å². The summed E-state index contributed by atoms with van der Waals surface area (Å²) >= 11 is 0. The van der Waals surface area contributed by atoms with Crippen LogP contribution >= 0.6 is 0 Å². The van der Waals surface area contributed by atoms with Crippen molar-refractivity contribution in [3.05, 3.63) is 24.3 Å². The van der Waals surface area contributed by atoms with Crippen LogP contribution in [0.1, 0.15) is 65.7 Å². The fraction of sp³-hybridized carbons (Fsp3) is 0.647. The Bertz CT molecular complexity index is 329. The van der Waals surface area contributed by atoms with Gasteiger partial charge < -0.3 is 4.74 Å². The van der Waals surface area contributed by atoms with Gasteiger partial charge in [0.25, 0.3) is 0 Å². The molecule has 114 valence electrons. The minimum absolute atomic E-state index is 0.119. The van der Waals surface area contributed by atoms with E-state index in [9.17, 15) is 9.59 Å².